The summed E-state index contributed by atoms with van der Waals surface area (Å²) in [6, 6.07) is 27.1. The summed E-state index contributed by atoms with van der Waals surface area (Å²) < 4.78 is 0. The fourth-order valence-corrected chi connectivity index (χ4v) is 3.47. The molecule has 1 amide bonds. The minimum atomic E-state index is -0.814. The summed E-state index contributed by atoms with van der Waals surface area (Å²) in [6.45, 7) is 0.485. The first-order valence-electron chi connectivity index (χ1n) is 9.35. The number of fused-ring (bicyclic) bond motifs is 1. The van der Waals surface area contributed by atoms with Crippen molar-refractivity contribution in [1.82, 2.24) is 10.3 Å². The summed E-state index contributed by atoms with van der Waals surface area (Å²) in [5.41, 5.74) is 4.26. The normalized spacial score (nSPS) is 12.0. The third kappa shape index (κ3) is 3.82. The van der Waals surface area contributed by atoms with Crippen molar-refractivity contribution >= 4 is 16.8 Å². The SMILES string of the molecule is O=C(Cc1c(C(O)c2ccccc2)[nH]c2ccccc12)NCc1ccccc1. The third-order valence-corrected chi connectivity index (χ3v) is 4.91. The lowest BCUT2D eigenvalue weighted by Crippen LogP contribution is -2.25. The number of aliphatic hydroxyl groups excluding tert-OH is 1. The highest BCUT2D eigenvalue weighted by Crippen LogP contribution is 2.30. The molecule has 1 unspecified atom stereocenters. The maximum Gasteiger partial charge on any atom is 0.224 e. The van der Waals surface area contributed by atoms with Crippen LogP contribution in [0.15, 0.2) is 84.9 Å². The maximum absolute atomic E-state index is 12.6. The van der Waals surface area contributed by atoms with E-state index < -0.39 is 6.10 Å². The number of carbonyl (C=O) groups is 1. The predicted molar refractivity (Wildman–Crippen MR) is 111 cm³/mol. The molecule has 4 nitrogen and oxygen atoms in total. The Morgan fingerprint density at radius 2 is 1.54 bits per heavy atom. The van der Waals surface area contributed by atoms with Gasteiger partial charge in [0, 0.05) is 17.4 Å². The molecule has 0 radical (unpaired) electrons. The van der Waals surface area contributed by atoms with Gasteiger partial charge in [-0.05, 0) is 22.8 Å². The summed E-state index contributed by atoms with van der Waals surface area (Å²) in [7, 11) is 0. The van der Waals surface area contributed by atoms with Crippen molar-refractivity contribution in [2.24, 2.45) is 0 Å². The van der Waals surface area contributed by atoms with Crippen molar-refractivity contribution in [1.29, 1.82) is 0 Å². The molecule has 0 saturated heterocycles. The lowest BCUT2D eigenvalue weighted by atomic mass is 10.00. The molecule has 1 aromatic heterocycles. The van der Waals surface area contributed by atoms with Crippen LogP contribution in [0.1, 0.15) is 28.5 Å². The van der Waals surface area contributed by atoms with Crippen LogP contribution >= 0.6 is 0 Å². The van der Waals surface area contributed by atoms with Crippen molar-refractivity contribution in [2.75, 3.05) is 0 Å². The lowest BCUT2D eigenvalue weighted by Gasteiger charge is -2.13. The highest BCUT2D eigenvalue weighted by Gasteiger charge is 2.21. The van der Waals surface area contributed by atoms with Gasteiger partial charge < -0.3 is 15.4 Å². The lowest BCUT2D eigenvalue weighted by molar-refractivity contribution is -0.120. The van der Waals surface area contributed by atoms with E-state index in [2.05, 4.69) is 10.3 Å². The van der Waals surface area contributed by atoms with Gasteiger partial charge in [0.25, 0.3) is 0 Å². The number of hydrogen-bond donors (Lipinski definition) is 3. The van der Waals surface area contributed by atoms with E-state index in [4.69, 9.17) is 0 Å². The molecule has 0 aliphatic carbocycles. The number of hydrogen-bond acceptors (Lipinski definition) is 2. The largest absolute Gasteiger partial charge is 0.382 e. The van der Waals surface area contributed by atoms with Gasteiger partial charge in [-0.3, -0.25) is 4.79 Å². The fourth-order valence-electron chi connectivity index (χ4n) is 3.47. The number of aromatic nitrogens is 1. The van der Waals surface area contributed by atoms with Crippen LogP contribution in [0.4, 0.5) is 0 Å². The van der Waals surface area contributed by atoms with E-state index >= 15 is 0 Å². The Kier molecular flexibility index (Phi) is 5.22. The monoisotopic (exact) mass is 370 g/mol. The van der Waals surface area contributed by atoms with Gasteiger partial charge in [-0.2, -0.15) is 0 Å². The minimum Gasteiger partial charge on any atom is -0.382 e. The Bertz CT molecular complexity index is 1070. The van der Waals surface area contributed by atoms with Gasteiger partial charge in [0.2, 0.25) is 5.91 Å². The Labute approximate surface area is 163 Å². The molecular weight excluding hydrogens is 348 g/mol. The quantitative estimate of drug-likeness (QED) is 0.478. The average Bonchev–Trinajstić information content (AvgIpc) is 3.11. The highest BCUT2D eigenvalue weighted by molar-refractivity contribution is 5.90. The molecular formula is C24H22N2O2. The summed E-state index contributed by atoms with van der Waals surface area (Å²) in [5, 5.41) is 14.9. The summed E-state index contributed by atoms with van der Waals surface area (Å²) in [4.78, 5) is 15.9. The van der Waals surface area contributed by atoms with Crippen LogP contribution in [-0.2, 0) is 17.8 Å². The molecule has 0 fully saturated rings. The molecule has 0 saturated carbocycles. The molecule has 0 aliphatic heterocycles. The molecule has 1 heterocycles. The van der Waals surface area contributed by atoms with Gasteiger partial charge in [0.1, 0.15) is 6.10 Å². The molecule has 0 bridgehead atoms. The number of para-hydroxylation sites is 1. The Morgan fingerprint density at radius 3 is 2.29 bits per heavy atom. The number of carbonyl (C=O) groups excluding carboxylic acids is 1. The highest BCUT2D eigenvalue weighted by atomic mass is 16.3. The molecule has 4 rings (SSSR count). The van der Waals surface area contributed by atoms with Gasteiger partial charge in [0.15, 0.2) is 0 Å². The van der Waals surface area contributed by atoms with E-state index in [1.54, 1.807) is 0 Å². The molecule has 4 heteroatoms. The smallest absolute Gasteiger partial charge is 0.224 e. The van der Waals surface area contributed by atoms with Gasteiger partial charge in [-0.25, -0.2) is 0 Å². The molecule has 3 aromatic carbocycles. The van der Waals surface area contributed by atoms with E-state index in [9.17, 15) is 9.90 Å². The van der Waals surface area contributed by atoms with Crippen molar-refractivity contribution in [3.8, 4) is 0 Å². The van der Waals surface area contributed by atoms with E-state index in [1.165, 1.54) is 0 Å². The van der Waals surface area contributed by atoms with Crippen LogP contribution in [0.25, 0.3) is 10.9 Å². The predicted octanol–water partition coefficient (Wildman–Crippen LogP) is 4.11. The van der Waals surface area contributed by atoms with Gasteiger partial charge >= 0.3 is 0 Å². The second-order valence-corrected chi connectivity index (χ2v) is 6.82. The van der Waals surface area contributed by atoms with Crippen molar-refractivity contribution in [3.63, 3.8) is 0 Å². The zero-order chi connectivity index (χ0) is 19.3. The summed E-state index contributed by atoms with van der Waals surface area (Å²) in [6.07, 6.45) is -0.610. The standard InChI is InChI=1S/C24H22N2O2/c27-22(25-16-17-9-3-1-4-10-17)15-20-19-13-7-8-14-21(19)26-23(20)24(28)18-11-5-2-6-12-18/h1-14,24,26,28H,15-16H2,(H,25,27). The second kappa shape index (κ2) is 8.11. The molecule has 0 spiro atoms. The van der Waals surface area contributed by atoms with Crippen molar-refractivity contribution < 1.29 is 9.90 Å². The second-order valence-electron chi connectivity index (χ2n) is 6.82. The number of benzene rings is 3. The summed E-state index contributed by atoms with van der Waals surface area (Å²) in [5.74, 6) is -0.0740. The zero-order valence-electron chi connectivity index (χ0n) is 15.4. The topological polar surface area (TPSA) is 65.1 Å². The Balaban J connectivity index is 1.61. The molecule has 3 N–H and O–H groups in total. The molecule has 0 aliphatic rings. The Morgan fingerprint density at radius 1 is 0.893 bits per heavy atom. The number of rotatable bonds is 6. The maximum atomic E-state index is 12.6. The van der Waals surface area contributed by atoms with Crippen LogP contribution in [0.3, 0.4) is 0 Å². The molecule has 140 valence electrons. The zero-order valence-corrected chi connectivity index (χ0v) is 15.4. The van der Waals surface area contributed by atoms with Gasteiger partial charge in [-0.15, -0.1) is 0 Å². The van der Waals surface area contributed by atoms with E-state index in [1.807, 2.05) is 84.9 Å². The number of amides is 1. The van der Waals surface area contributed by atoms with Crippen LogP contribution in [-0.4, -0.2) is 16.0 Å². The van der Waals surface area contributed by atoms with Gasteiger partial charge in [0.05, 0.1) is 12.1 Å². The Hall–Kier alpha value is -3.37. The number of aromatic amines is 1. The first-order valence-corrected chi connectivity index (χ1v) is 9.35. The van der Waals surface area contributed by atoms with E-state index in [0.29, 0.717) is 12.2 Å². The first kappa shape index (κ1) is 18.0. The fraction of sp³-hybridized carbons (Fsp3) is 0.125. The minimum absolute atomic E-state index is 0.0740. The number of H-pyrrole nitrogens is 1. The van der Waals surface area contributed by atoms with E-state index in [-0.39, 0.29) is 12.3 Å². The molecule has 4 aromatic rings. The van der Waals surface area contributed by atoms with Crippen LogP contribution < -0.4 is 5.32 Å². The van der Waals surface area contributed by atoms with Gasteiger partial charge in [-0.1, -0.05) is 78.9 Å². The molecule has 1 atom stereocenters. The van der Waals surface area contributed by atoms with Crippen molar-refractivity contribution in [2.45, 2.75) is 19.1 Å². The summed E-state index contributed by atoms with van der Waals surface area (Å²) >= 11 is 0. The molecule has 28 heavy (non-hydrogen) atoms. The number of nitrogens with one attached hydrogen (secondary N) is 2. The van der Waals surface area contributed by atoms with Crippen LogP contribution in [0, 0.1) is 0 Å². The number of aliphatic hydroxyl groups is 1. The van der Waals surface area contributed by atoms with Crippen molar-refractivity contribution in [3.05, 3.63) is 107 Å². The van der Waals surface area contributed by atoms with E-state index in [0.717, 1.165) is 27.6 Å². The van der Waals surface area contributed by atoms with Crippen LogP contribution in [0.2, 0.25) is 0 Å². The average molecular weight is 370 g/mol. The third-order valence-electron chi connectivity index (χ3n) is 4.91. The van der Waals surface area contributed by atoms with Crippen LogP contribution in [0.5, 0.6) is 0 Å². The first-order chi connectivity index (χ1) is 13.7.